The summed E-state index contributed by atoms with van der Waals surface area (Å²) < 4.78 is 39.6. The van der Waals surface area contributed by atoms with Crippen molar-refractivity contribution in [1.82, 2.24) is 10.2 Å². The van der Waals surface area contributed by atoms with Crippen molar-refractivity contribution in [3.8, 4) is 11.5 Å². The van der Waals surface area contributed by atoms with E-state index in [0.717, 1.165) is 4.31 Å². The summed E-state index contributed by atoms with van der Waals surface area (Å²) in [5, 5.41) is 3.62. The molecule has 0 radical (unpaired) electrons. The van der Waals surface area contributed by atoms with Crippen molar-refractivity contribution < 1.29 is 27.5 Å². The van der Waals surface area contributed by atoms with Crippen LogP contribution in [0.4, 0.5) is 5.69 Å². The molecule has 0 aliphatic heterocycles. The average molecular weight is 637 g/mol. The molecule has 3 aromatic carbocycles. The number of carbonyl (C=O) groups is 2. The topological polar surface area (TPSA) is 105 Å². The molecular weight excluding hydrogens is 601 g/mol. The second-order valence-corrected chi connectivity index (χ2v) is 12.3. The first kappa shape index (κ1) is 33.0. The zero-order valence-corrected chi connectivity index (χ0v) is 26.5. The van der Waals surface area contributed by atoms with Gasteiger partial charge in [-0.3, -0.25) is 13.9 Å². The normalized spacial score (nSPS) is 12.6. The molecule has 0 aliphatic carbocycles. The third kappa shape index (κ3) is 7.87. The molecule has 0 saturated carbocycles. The fourth-order valence-electron chi connectivity index (χ4n) is 4.11. The molecule has 42 heavy (non-hydrogen) atoms. The number of halogens is 2. The number of amides is 2. The van der Waals surface area contributed by atoms with E-state index in [1.165, 1.54) is 43.4 Å². The Balaban J connectivity index is 2.09. The maximum absolute atomic E-state index is 14.1. The van der Waals surface area contributed by atoms with E-state index in [-0.39, 0.29) is 34.8 Å². The van der Waals surface area contributed by atoms with Crippen LogP contribution < -0.4 is 19.1 Å². The molecule has 0 saturated heterocycles. The van der Waals surface area contributed by atoms with Crippen LogP contribution in [0, 0.1) is 0 Å². The maximum Gasteiger partial charge on any atom is 0.264 e. The lowest BCUT2D eigenvalue weighted by molar-refractivity contribution is -0.139. The van der Waals surface area contributed by atoms with Crippen LogP contribution in [-0.2, 0) is 26.2 Å². The Morgan fingerprint density at radius 3 is 2.19 bits per heavy atom. The highest BCUT2D eigenvalue weighted by molar-refractivity contribution is 7.92. The van der Waals surface area contributed by atoms with Gasteiger partial charge in [-0.15, -0.1) is 0 Å². The summed E-state index contributed by atoms with van der Waals surface area (Å²) in [6.07, 6.45) is 0.692. The predicted molar refractivity (Wildman–Crippen MR) is 165 cm³/mol. The van der Waals surface area contributed by atoms with Gasteiger partial charge in [-0.25, -0.2) is 8.42 Å². The third-order valence-electron chi connectivity index (χ3n) is 6.79. The summed E-state index contributed by atoms with van der Waals surface area (Å²) >= 11 is 12.5. The van der Waals surface area contributed by atoms with Gasteiger partial charge in [0, 0.05) is 28.7 Å². The first-order valence-electron chi connectivity index (χ1n) is 13.3. The minimum Gasteiger partial charge on any atom is -0.493 e. The Morgan fingerprint density at radius 2 is 1.60 bits per heavy atom. The molecule has 0 aliphatic rings. The molecule has 0 bridgehead atoms. The summed E-state index contributed by atoms with van der Waals surface area (Å²) in [5.41, 5.74) is 0.715. The molecule has 0 heterocycles. The second kappa shape index (κ2) is 14.6. The molecule has 2 atom stereocenters. The zero-order valence-electron chi connectivity index (χ0n) is 24.1. The standard InChI is InChI=1S/C30H35Cl2N3O6S/c1-6-20(2)33-30(37)21(3)34(18-22-12-13-23(31)16-26(22)32)29(36)19-35(42(38,39)25-10-8-7-9-11-25)24-14-15-27(40-4)28(17-24)41-5/h7-17,20-21H,6,18-19H2,1-5H3,(H,33,37)/t20-,21+/m1/s1. The highest BCUT2D eigenvalue weighted by atomic mass is 35.5. The smallest absolute Gasteiger partial charge is 0.264 e. The summed E-state index contributed by atoms with van der Waals surface area (Å²) in [6.45, 7) is 4.71. The fourth-order valence-corrected chi connectivity index (χ4v) is 6.01. The van der Waals surface area contributed by atoms with Crippen LogP contribution in [0.3, 0.4) is 0 Å². The van der Waals surface area contributed by atoms with Crippen molar-refractivity contribution in [2.24, 2.45) is 0 Å². The van der Waals surface area contributed by atoms with Gasteiger partial charge in [0.15, 0.2) is 11.5 Å². The Morgan fingerprint density at radius 1 is 0.929 bits per heavy atom. The maximum atomic E-state index is 14.1. The van der Waals surface area contributed by atoms with E-state index < -0.39 is 28.5 Å². The number of methoxy groups -OCH3 is 2. The number of nitrogens with one attached hydrogen (secondary N) is 1. The van der Waals surface area contributed by atoms with E-state index in [1.807, 2.05) is 13.8 Å². The molecule has 2 amide bonds. The molecule has 0 unspecified atom stereocenters. The van der Waals surface area contributed by atoms with Crippen molar-refractivity contribution in [3.63, 3.8) is 0 Å². The first-order chi connectivity index (χ1) is 19.9. The predicted octanol–water partition coefficient (Wildman–Crippen LogP) is 5.54. The molecule has 0 fully saturated rings. The van der Waals surface area contributed by atoms with Gasteiger partial charge in [0.25, 0.3) is 10.0 Å². The second-order valence-electron chi connectivity index (χ2n) is 9.62. The van der Waals surface area contributed by atoms with E-state index >= 15 is 0 Å². The van der Waals surface area contributed by atoms with Gasteiger partial charge in [-0.2, -0.15) is 0 Å². The van der Waals surface area contributed by atoms with Crippen molar-refractivity contribution in [2.75, 3.05) is 25.1 Å². The summed E-state index contributed by atoms with van der Waals surface area (Å²) in [7, 11) is -1.35. The minimum absolute atomic E-state index is 0.0116. The number of anilines is 1. The van der Waals surface area contributed by atoms with Crippen LogP contribution in [0.5, 0.6) is 11.5 Å². The van der Waals surface area contributed by atoms with Gasteiger partial charge in [-0.05, 0) is 62.2 Å². The number of rotatable bonds is 13. The Kier molecular flexibility index (Phi) is 11.5. The van der Waals surface area contributed by atoms with E-state index in [4.69, 9.17) is 32.7 Å². The van der Waals surface area contributed by atoms with Crippen molar-refractivity contribution >= 4 is 50.7 Å². The van der Waals surface area contributed by atoms with Crippen LogP contribution in [0.15, 0.2) is 71.6 Å². The zero-order chi connectivity index (χ0) is 31.0. The Hall–Kier alpha value is -3.47. The number of hydrogen-bond acceptors (Lipinski definition) is 6. The van der Waals surface area contributed by atoms with Gasteiger partial charge in [0.2, 0.25) is 11.8 Å². The molecule has 0 spiro atoms. The quantitative estimate of drug-likeness (QED) is 0.264. The van der Waals surface area contributed by atoms with Crippen LogP contribution in [-0.4, -0.2) is 58.0 Å². The minimum atomic E-state index is -4.24. The van der Waals surface area contributed by atoms with Gasteiger partial charge >= 0.3 is 0 Å². The van der Waals surface area contributed by atoms with Gasteiger partial charge in [-0.1, -0.05) is 54.4 Å². The average Bonchev–Trinajstić information content (AvgIpc) is 2.98. The fraction of sp³-hybridized carbons (Fsp3) is 0.333. The van der Waals surface area contributed by atoms with E-state index in [2.05, 4.69) is 5.32 Å². The number of carbonyl (C=O) groups excluding carboxylic acids is 2. The number of hydrogen-bond donors (Lipinski definition) is 1. The summed E-state index contributed by atoms with van der Waals surface area (Å²) in [5.74, 6) is -0.339. The highest BCUT2D eigenvalue weighted by Crippen LogP contribution is 2.34. The third-order valence-corrected chi connectivity index (χ3v) is 9.16. The van der Waals surface area contributed by atoms with E-state index in [9.17, 15) is 18.0 Å². The van der Waals surface area contributed by atoms with Gasteiger partial charge < -0.3 is 19.7 Å². The van der Waals surface area contributed by atoms with Crippen LogP contribution >= 0.6 is 23.2 Å². The molecule has 9 nitrogen and oxygen atoms in total. The van der Waals surface area contributed by atoms with Gasteiger partial charge in [0.1, 0.15) is 12.6 Å². The van der Waals surface area contributed by atoms with E-state index in [1.54, 1.807) is 49.4 Å². The lowest BCUT2D eigenvalue weighted by atomic mass is 10.1. The highest BCUT2D eigenvalue weighted by Gasteiger charge is 2.33. The lowest BCUT2D eigenvalue weighted by Crippen LogP contribution is -2.52. The van der Waals surface area contributed by atoms with Crippen molar-refractivity contribution in [1.29, 1.82) is 0 Å². The number of sulfonamides is 1. The number of ether oxygens (including phenoxy) is 2. The van der Waals surface area contributed by atoms with Gasteiger partial charge in [0.05, 0.1) is 24.8 Å². The lowest BCUT2D eigenvalue weighted by Gasteiger charge is -2.32. The molecule has 1 N–H and O–H groups in total. The molecule has 0 aromatic heterocycles. The van der Waals surface area contributed by atoms with Crippen LogP contribution in [0.2, 0.25) is 10.0 Å². The van der Waals surface area contributed by atoms with Crippen molar-refractivity contribution in [3.05, 3.63) is 82.3 Å². The molecule has 226 valence electrons. The Bertz CT molecular complexity index is 1500. The van der Waals surface area contributed by atoms with Crippen LogP contribution in [0.1, 0.15) is 32.8 Å². The molecule has 3 aromatic rings. The molecule has 3 rings (SSSR count). The number of nitrogens with zero attached hydrogens (tertiary/aromatic N) is 2. The SMILES string of the molecule is CC[C@@H](C)NC(=O)[C@H](C)N(Cc1ccc(Cl)cc1Cl)C(=O)CN(c1ccc(OC)c(OC)c1)S(=O)(=O)c1ccccc1. The monoisotopic (exact) mass is 635 g/mol. The first-order valence-corrected chi connectivity index (χ1v) is 15.5. The summed E-state index contributed by atoms with van der Waals surface area (Å²) in [4.78, 5) is 28.6. The molecule has 12 heteroatoms. The summed E-state index contributed by atoms with van der Waals surface area (Å²) in [6, 6.07) is 16.1. The van der Waals surface area contributed by atoms with E-state index in [0.29, 0.717) is 27.8 Å². The Labute approximate surface area is 257 Å². The number of benzene rings is 3. The van der Waals surface area contributed by atoms with Crippen molar-refractivity contribution in [2.45, 2.75) is 50.7 Å². The van der Waals surface area contributed by atoms with Crippen LogP contribution in [0.25, 0.3) is 0 Å². The largest absolute Gasteiger partial charge is 0.493 e. The molecular formula is C30H35Cl2N3O6S.